The Morgan fingerprint density at radius 3 is 2.56 bits per heavy atom. The second-order valence-corrected chi connectivity index (χ2v) is 6.72. The third-order valence-electron chi connectivity index (χ3n) is 3.06. The predicted molar refractivity (Wildman–Crippen MR) is 80.0 cm³/mol. The van der Waals surface area contributed by atoms with Gasteiger partial charge in [-0.2, -0.15) is 0 Å². The fraction of sp³-hybridized carbons (Fsp3) is 0.467. The van der Waals surface area contributed by atoms with Crippen molar-refractivity contribution >= 4 is 26.8 Å². The zero-order chi connectivity index (χ0) is 13.5. The van der Waals surface area contributed by atoms with Crippen LogP contribution in [0.25, 0.3) is 10.9 Å². The molecule has 0 unspecified atom stereocenters. The van der Waals surface area contributed by atoms with Crippen LogP contribution in [0.15, 0.2) is 28.9 Å². The van der Waals surface area contributed by atoms with Crippen LogP contribution in [-0.4, -0.2) is 15.3 Å². The van der Waals surface area contributed by atoms with Crippen molar-refractivity contribution in [1.29, 1.82) is 0 Å². The molecule has 0 amide bonds. The number of hydrogen-bond acceptors (Lipinski definition) is 1. The molecule has 0 aliphatic heterocycles. The molecule has 98 valence electrons. The second-order valence-electron chi connectivity index (χ2n) is 5.81. The number of aliphatic hydroxyl groups is 1. The van der Waals surface area contributed by atoms with E-state index in [9.17, 15) is 5.11 Å². The molecule has 0 saturated carbocycles. The fourth-order valence-electron chi connectivity index (χ4n) is 2.33. The fourth-order valence-corrected chi connectivity index (χ4v) is 2.68. The Bertz CT molecular complexity index is 564. The summed E-state index contributed by atoms with van der Waals surface area (Å²) >= 11 is 3.52. The zero-order valence-electron chi connectivity index (χ0n) is 11.4. The number of rotatable bonds is 3. The van der Waals surface area contributed by atoms with E-state index in [2.05, 4.69) is 58.7 Å². The summed E-state index contributed by atoms with van der Waals surface area (Å²) in [6, 6.07) is 6.74. The predicted octanol–water partition coefficient (Wildman–Crippen LogP) is 4.30. The molecule has 0 fully saturated rings. The lowest BCUT2D eigenvalue weighted by atomic mass is 9.98. The summed E-state index contributed by atoms with van der Waals surface area (Å²) in [5, 5.41) is 11.2. The lowest BCUT2D eigenvalue weighted by molar-refractivity contribution is 0.0813. The van der Waals surface area contributed by atoms with E-state index in [4.69, 9.17) is 0 Å². The SMILES string of the molecule is CC(C)n1cc(CC(C)(C)O)c2ccc(Br)cc21. The molecule has 0 spiro atoms. The summed E-state index contributed by atoms with van der Waals surface area (Å²) in [6.07, 6.45) is 2.84. The maximum atomic E-state index is 10.0. The van der Waals surface area contributed by atoms with E-state index in [-0.39, 0.29) is 0 Å². The molecule has 0 saturated heterocycles. The van der Waals surface area contributed by atoms with Crippen molar-refractivity contribution in [2.75, 3.05) is 0 Å². The third kappa shape index (κ3) is 2.78. The smallest absolute Gasteiger partial charge is 0.0632 e. The molecule has 2 aromatic rings. The van der Waals surface area contributed by atoms with Gasteiger partial charge in [-0.3, -0.25) is 0 Å². The van der Waals surface area contributed by atoms with Crippen molar-refractivity contribution < 1.29 is 5.11 Å². The molecule has 0 radical (unpaired) electrons. The molecule has 1 heterocycles. The van der Waals surface area contributed by atoms with Crippen molar-refractivity contribution in [3.63, 3.8) is 0 Å². The van der Waals surface area contributed by atoms with Gasteiger partial charge in [0.05, 0.1) is 5.60 Å². The molecular weight excluding hydrogens is 290 g/mol. The van der Waals surface area contributed by atoms with Crippen LogP contribution in [0.3, 0.4) is 0 Å². The summed E-state index contributed by atoms with van der Waals surface area (Å²) in [5.74, 6) is 0. The van der Waals surface area contributed by atoms with Gasteiger partial charge < -0.3 is 9.67 Å². The van der Waals surface area contributed by atoms with Crippen molar-refractivity contribution in [1.82, 2.24) is 4.57 Å². The van der Waals surface area contributed by atoms with Crippen molar-refractivity contribution in [3.8, 4) is 0 Å². The topological polar surface area (TPSA) is 25.2 Å². The van der Waals surface area contributed by atoms with Gasteiger partial charge in [0.15, 0.2) is 0 Å². The van der Waals surface area contributed by atoms with Crippen LogP contribution in [0.5, 0.6) is 0 Å². The first-order valence-corrected chi connectivity index (χ1v) is 7.08. The van der Waals surface area contributed by atoms with Crippen LogP contribution in [0.1, 0.15) is 39.3 Å². The van der Waals surface area contributed by atoms with Gasteiger partial charge >= 0.3 is 0 Å². The Labute approximate surface area is 117 Å². The van der Waals surface area contributed by atoms with E-state index in [0.717, 1.165) is 4.47 Å². The minimum Gasteiger partial charge on any atom is -0.390 e. The highest BCUT2D eigenvalue weighted by atomic mass is 79.9. The van der Waals surface area contributed by atoms with E-state index < -0.39 is 5.60 Å². The highest BCUT2D eigenvalue weighted by Crippen LogP contribution is 2.29. The average molecular weight is 310 g/mol. The molecule has 1 N–H and O–H groups in total. The highest BCUT2D eigenvalue weighted by molar-refractivity contribution is 9.10. The van der Waals surface area contributed by atoms with Gasteiger partial charge in [-0.15, -0.1) is 0 Å². The number of aromatic nitrogens is 1. The number of fused-ring (bicyclic) bond motifs is 1. The lowest BCUT2D eigenvalue weighted by Gasteiger charge is -2.16. The molecule has 2 rings (SSSR count). The van der Waals surface area contributed by atoms with Gasteiger partial charge in [0.1, 0.15) is 0 Å². The summed E-state index contributed by atoms with van der Waals surface area (Å²) < 4.78 is 3.35. The van der Waals surface area contributed by atoms with Gasteiger partial charge in [0.2, 0.25) is 0 Å². The molecular formula is C15H20BrNO. The highest BCUT2D eigenvalue weighted by Gasteiger charge is 2.18. The Morgan fingerprint density at radius 2 is 2.00 bits per heavy atom. The van der Waals surface area contributed by atoms with Crippen molar-refractivity contribution in [2.24, 2.45) is 0 Å². The summed E-state index contributed by atoms with van der Waals surface area (Å²) in [4.78, 5) is 0. The van der Waals surface area contributed by atoms with E-state index in [1.807, 2.05) is 13.8 Å². The molecule has 3 heteroatoms. The number of nitrogens with zero attached hydrogens (tertiary/aromatic N) is 1. The largest absolute Gasteiger partial charge is 0.390 e. The van der Waals surface area contributed by atoms with Crippen LogP contribution in [-0.2, 0) is 6.42 Å². The zero-order valence-corrected chi connectivity index (χ0v) is 13.0. The first kappa shape index (κ1) is 13.6. The second kappa shape index (κ2) is 4.71. The molecule has 0 atom stereocenters. The lowest BCUT2D eigenvalue weighted by Crippen LogP contribution is -2.21. The van der Waals surface area contributed by atoms with Crippen LogP contribution in [0, 0.1) is 0 Å². The maximum absolute atomic E-state index is 10.0. The van der Waals surface area contributed by atoms with Gasteiger partial charge in [-0.1, -0.05) is 22.0 Å². The van der Waals surface area contributed by atoms with Gasteiger partial charge in [-0.25, -0.2) is 0 Å². The maximum Gasteiger partial charge on any atom is 0.0632 e. The molecule has 0 aliphatic rings. The standard InChI is InChI=1S/C15H20BrNO/c1-10(2)17-9-11(8-15(3,4)18)13-6-5-12(16)7-14(13)17/h5-7,9-10,18H,8H2,1-4H3. The number of hydrogen-bond donors (Lipinski definition) is 1. The van der Waals surface area contributed by atoms with E-state index in [1.54, 1.807) is 0 Å². The normalized spacial score (nSPS) is 12.6. The van der Waals surface area contributed by atoms with Gasteiger partial charge in [0.25, 0.3) is 0 Å². The Balaban J connectivity index is 2.61. The molecule has 18 heavy (non-hydrogen) atoms. The Hall–Kier alpha value is -0.800. The monoisotopic (exact) mass is 309 g/mol. The van der Waals surface area contributed by atoms with Crippen molar-refractivity contribution in [3.05, 3.63) is 34.4 Å². The average Bonchev–Trinajstić information content (AvgIpc) is 2.54. The first-order valence-electron chi connectivity index (χ1n) is 6.29. The van der Waals surface area contributed by atoms with Gasteiger partial charge in [0, 0.05) is 34.0 Å². The summed E-state index contributed by atoms with van der Waals surface area (Å²) in [6.45, 7) is 8.05. The molecule has 1 aromatic carbocycles. The van der Waals surface area contributed by atoms with Crippen LogP contribution < -0.4 is 0 Å². The Kier molecular flexibility index (Phi) is 3.56. The first-order chi connectivity index (χ1) is 8.28. The summed E-state index contributed by atoms with van der Waals surface area (Å²) in [7, 11) is 0. The Morgan fingerprint density at radius 1 is 1.33 bits per heavy atom. The summed E-state index contributed by atoms with van der Waals surface area (Å²) in [5.41, 5.74) is 1.75. The minimum absolute atomic E-state index is 0.414. The van der Waals surface area contributed by atoms with Crippen LogP contribution in [0.4, 0.5) is 0 Å². The quantitative estimate of drug-likeness (QED) is 0.898. The minimum atomic E-state index is -0.677. The van der Waals surface area contributed by atoms with E-state index in [1.165, 1.54) is 16.5 Å². The molecule has 2 nitrogen and oxygen atoms in total. The van der Waals surface area contributed by atoms with Crippen molar-refractivity contribution in [2.45, 2.75) is 45.8 Å². The molecule has 0 bridgehead atoms. The number of halogens is 1. The van der Waals surface area contributed by atoms with Crippen LogP contribution >= 0.6 is 15.9 Å². The van der Waals surface area contributed by atoms with Gasteiger partial charge in [-0.05, 0) is 45.4 Å². The van der Waals surface area contributed by atoms with E-state index in [0.29, 0.717) is 12.5 Å². The van der Waals surface area contributed by atoms with Crippen LogP contribution in [0.2, 0.25) is 0 Å². The third-order valence-corrected chi connectivity index (χ3v) is 3.55. The molecule has 1 aromatic heterocycles. The number of benzene rings is 1. The van der Waals surface area contributed by atoms with E-state index >= 15 is 0 Å². The molecule has 0 aliphatic carbocycles.